The van der Waals surface area contributed by atoms with Crippen LogP contribution >= 0.6 is 11.3 Å². The molecule has 3 nitrogen and oxygen atoms in total. The van der Waals surface area contributed by atoms with Crippen LogP contribution in [-0.2, 0) is 11.2 Å². The van der Waals surface area contributed by atoms with E-state index in [0.717, 1.165) is 12.1 Å². The monoisotopic (exact) mass is 384 g/mol. The highest BCUT2D eigenvalue weighted by molar-refractivity contribution is 7.17. The third-order valence-corrected chi connectivity index (χ3v) is 7.16. The van der Waals surface area contributed by atoms with Crippen molar-refractivity contribution in [3.8, 4) is 0 Å². The molecule has 2 atom stereocenters. The Bertz CT molecular complexity index is 795. The highest BCUT2D eigenvalue weighted by Crippen LogP contribution is 2.31. The molecule has 1 aliphatic carbocycles. The van der Waals surface area contributed by atoms with E-state index >= 15 is 0 Å². The Morgan fingerprint density at radius 2 is 2.11 bits per heavy atom. The van der Waals surface area contributed by atoms with Gasteiger partial charge in [0.25, 0.3) is 0 Å². The number of nitrogens with zero attached hydrogens (tertiary/aromatic N) is 1. The van der Waals surface area contributed by atoms with Crippen molar-refractivity contribution >= 4 is 27.3 Å². The van der Waals surface area contributed by atoms with Gasteiger partial charge in [-0.1, -0.05) is 31.1 Å². The van der Waals surface area contributed by atoms with Gasteiger partial charge in [-0.05, 0) is 68.1 Å². The van der Waals surface area contributed by atoms with Gasteiger partial charge in [0.2, 0.25) is 5.91 Å². The van der Waals surface area contributed by atoms with Crippen LogP contribution in [0.5, 0.6) is 0 Å². The van der Waals surface area contributed by atoms with Gasteiger partial charge in [0.05, 0.1) is 6.42 Å². The summed E-state index contributed by atoms with van der Waals surface area (Å²) in [5, 5.41) is 6.53. The number of amides is 1. The maximum Gasteiger partial charge on any atom is 0.224 e. The van der Waals surface area contributed by atoms with Crippen molar-refractivity contribution in [1.29, 1.82) is 0 Å². The van der Waals surface area contributed by atoms with Crippen molar-refractivity contribution in [1.82, 2.24) is 10.2 Å². The molecular weight excluding hydrogens is 352 g/mol. The maximum absolute atomic E-state index is 12.6. The highest BCUT2D eigenvalue weighted by Gasteiger charge is 2.34. The number of carbonyl (C=O) groups excluding carboxylic acids is 1. The van der Waals surface area contributed by atoms with Crippen LogP contribution < -0.4 is 5.32 Å². The van der Waals surface area contributed by atoms with E-state index in [1.165, 1.54) is 35.8 Å². The van der Waals surface area contributed by atoms with E-state index in [1.54, 1.807) is 11.3 Å². The number of benzene rings is 1. The molecule has 1 aliphatic rings. The van der Waals surface area contributed by atoms with E-state index in [2.05, 4.69) is 61.3 Å². The third kappa shape index (κ3) is 4.61. The molecule has 1 amide bonds. The molecule has 3 rings (SSSR count). The fraction of sp³-hybridized carbons (Fsp3) is 0.522. The van der Waals surface area contributed by atoms with Crippen molar-refractivity contribution in [3.05, 3.63) is 47.9 Å². The fourth-order valence-electron chi connectivity index (χ4n) is 4.20. The molecule has 1 fully saturated rings. The minimum absolute atomic E-state index is 0.0289. The Balaban J connectivity index is 1.61. The van der Waals surface area contributed by atoms with E-state index in [0.29, 0.717) is 18.4 Å². The lowest BCUT2D eigenvalue weighted by Crippen LogP contribution is -2.52. The molecule has 0 saturated heterocycles. The molecule has 0 aliphatic heterocycles. The molecule has 4 heteroatoms. The Labute approximate surface area is 167 Å². The molecule has 146 valence electrons. The summed E-state index contributed by atoms with van der Waals surface area (Å²) in [4.78, 5) is 15.1. The predicted molar refractivity (Wildman–Crippen MR) is 116 cm³/mol. The lowest BCUT2D eigenvalue weighted by atomic mass is 9.81. The summed E-state index contributed by atoms with van der Waals surface area (Å²) in [7, 11) is 2.20. The number of hydrogen-bond acceptors (Lipinski definition) is 3. The second-order valence-electron chi connectivity index (χ2n) is 8.31. The van der Waals surface area contributed by atoms with Gasteiger partial charge in [-0.15, -0.1) is 17.9 Å². The van der Waals surface area contributed by atoms with Gasteiger partial charge in [-0.2, -0.15) is 0 Å². The van der Waals surface area contributed by atoms with Crippen molar-refractivity contribution in [3.63, 3.8) is 0 Å². The van der Waals surface area contributed by atoms with Crippen LogP contribution in [0.1, 0.15) is 45.1 Å². The molecule has 1 aromatic heterocycles. The second kappa shape index (κ2) is 8.57. The molecule has 2 aromatic rings. The van der Waals surface area contributed by atoms with Crippen molar-refractivity contribution in [2.45, 2.75) is 57.5 Å². The maximum atomic E-state index is 12.6. The summed E-state index contributed by atoms with van der Waals surface area (Å²) in [6.07, 6.45) is 7.39. The molecular formula is C23H32N2OS. The fourth-order valence-corrected chi connectivity index (χ4v) is 5.03. The first-order chi connectivity index (χ1) is 12.9. The third-order valence-electron chi connectivity index (χ3n) is 6.27. The molecule has 0 radical (unpaired) electrons. The van der Waals surface area contributed by atoms with Crippen LogP contribution in [0.3, 0.4) is 0 Å². The Morgan fingerprint density at radius 3 is 2.89 bits per heavy atom. The number of thiophene rings is 1. The van der Waals surface area contributed by atoms with E-state index in [1.807, 2.05) is 12.1 Å². The van der Waals surface area contributed by atoms with Crippen molar-refractivity contribution in [2.75, 3.05) is 13.6 Å². The topological polar surface area (TPSA) is 32.3 Å². The standard InChI is InChI=1S/C23H32N2OS/c1-5-23(2,3)25(4)20-11-7-6-9-18(20)16-24-22(26)15-17-10-8-12-21-19(17)13-14-27-21/h5,8,10,12-14,18,20H,1,6-7,9,11,15-16H2,2-4H3,(H,24,26)/t18-,20+/m0/s1. The molecule has 0 unspecified atom stereocenters. The van der Waals surface area contributed by atoms with Gasteiger partial charge in [0.1, 0.15) is 0 Å². The van der Waals surface area contributed by atoms with Gasteiger partial charge in [-0.25, -0.2) is 0 Å². The summed E-state index contributed by atoms with van der Waals surface area (Å²) in [5.74, 6) is 0.632. The quantitative estimate of drug-likeness (QED) is 0.680. The molecule has 0 bridgehead atoms. The van der Waals surface area contributed by atoms with Crippen LogP contribution in [0, 0.1) is 5.92 Å². The lowest BCUT2D eigenvalue weighted by Gasteiger charge is -2.45. The van der Waals surface area contributed by atoms with Gasteiger partial charge in [0, 0.05) is 22.8 Å². The normalized spacial score (nSPS) is 20.7. The largest absolute Gasteiger partial charge is 0.355 e. The summed E-state index contributed by atoms with van der Waals surface area (Å²) in [5.41, 5.74) is 1.09. The van der Waals surface area contributed by atoms with E-state index < -0.39 is 0 Å². The van der Waals surface area contributed by atoms with Gasteiger partial charge < -0.3 is 5.32 Å². The Hall–Kier alpha value is -1.65. The molecule has 0 spiro atoms. The number of hydrogen-bond donors (Lipinski definition) is 1. The zero-order valence-electron chi connectivity index (χ0n) is 16.8. The van der Waals surface area contributed by atoms with E-state index in [4.69, 9.17) is 0 Å². The summed E-state index contributed by atoms with van der Waals surface area (Å²) in [6, 6.07) is 8.84. The SMILES string of the molecule is C=CC(C)(C)N(C)[C@@H]1CCCC[C@H]1CNC(=O)Cc1cccc2sccc12. The van der Waals surface area contributed by atoms with Crippen LogP contribution in [0.2, 0.25) is 0 Å². The lowest BCUT2D eigenvalue weighted by molar-refractivity contribution is -0.120. The number of fused-ring (bicyclic) bond motifs is 1. The Kier molecular flexibility index (Phi) is 6.38. The Morgan fingerprint density at radius 1 is 1.33 bits per heavy atom. The first-order valence-electron chi connectivity index (χ1n) is 10.0. The average Bonchev–Trinajstić information content (AvgIpc) is 3.16. The van der Waals surface area contributed by atoms with Crippen LogP contribution in [0.25, 0.3) is 10.1 Å². The predicted octanol–water partition coefficient (Wildman–Crippen LogP) is 5.02. The zero-order valence-corrected chi connectivity index (χ0v) is 17.6. The van der Waals surface area contributed by atoms with E-state index in [9.17, 15) is 4.79 Å². The first kappa shape index (κ1) is 20.1. The zero-order chi connectivity index (χ0) is 19.4. The second-order valence-corrected chi connectivity index (χ2v) is 9.26. The molecule has 1 aromatic carbocycles. The highest BCUT2D eigenvalue weighted by atomic mass is 32.1. The molecule has 1 saturated carbocycles. The minimum Gasteiger partial charge on any atom is -0.355 e. The minimum atomic E-state index is -0.0289. The molecule has 1 N–H and O–H groups in total. The number of likely N-dealkylation sites (N-methyl/N-ethyl adjacent to an activating group) is 1. The van der Waals surface area contributed by atoms with Crippen LogP contribution in [0.4, 0.5) is 0 Å². The summed E-state index contributed by atoms with van der Waals surface area (Å²) in [6.45, 7) is 9.20. The molecule has 27 heavy (non-hydrogen) atoms. The smallest absolute Gasteiger partial charge is 0.224 e. The number of nitrogens with one attached hydrogen (secondary N) is 1. The van der Waals surface area contributed by atoms with Gasteiger partial charge in [-0.3, -0.25) is 9.69 Å². The van der Waals surface area contributed by atoms with Crippen molar-refractivity contribution in [2.24, 2.45) is 5.92 Å². The van der Waals surface area contributed by atoms with Crippen LogP contribution in [-0.4, -0.2) is 36.0 Å². The average molecular weight is 385 g/mol. The van der Waals surface area contributed by atoms with Crippen LogP contribution in [0.15, 0.2) is 42.3 Å². The first-order valence-corrected chi connectivity index (χ1v) is 10.9. The number of carbonyl (C=O) groups is 1. The van der Waals surface area contributed by atoms with Gasteiger partial charge >= 0.3 is 0 Å². The van der Waals surface area contributed by atoms with E-state index in [-0.39, 0.29) is 11.4 Å². The molecule has 1 heterocycles. The summed E-state index contributed by atoms with van der Waals surface area (Å²) >= 11 is 1.73. The summed E-state index contributed by atoms with van der Waals surface area (Å²) < 4.78 is 1.25. The number of rotatable bonds is 7. The van der Waals surface area contributed by atoms with Gasteiger partial charge in [0.15, 0.2) is 0 Å². The van der Waals surface area contributed by atoms with Crippen molar-refractivity contribution < 1.29 is 4.79 Å².